The van der Waals surface area contributed by atoms with Gasteiger partial charge in [0.1, 0.15) is 22.3 Å². The molecule has 0 saturated heterocycles. The molecule has 4 heterocycles. The first-order chi connectivity index (χ1) is 32.2. The van der Waals surface area contributed by atoms with Gasteiger partial charge in [0.15, 0.2) is 0 Å². The molecule has 304 valence electrons. The molecular weight excluding hydrogens is 813 g/mol. The van der Waals surface area contributed by atoms with Crippen molar-refractivity contribution in [3.63, 3.8) is 0 Å². The van der Waals surface area contributed by atoms with E-state index in [1.54, 1.807) is 0 Å². The zero-order valence-corrected chi connectivity index (χ0v) is 35.7. The molecule has 0 fully saturated rings. The van der Waals surface area contributed by atoms with Crippen molar-refractivity contribution in [3.8, 4) is 27.9 Å². The Kier molecular flexibility index (Phi) is 7.82. The first-order valence-electron chi connectivity index (χ1n) is 22.0. The van der Waals surface area contributed by atoms with E-state index in [1.165, 1.54) is 53.1 Å². The monoisotopic (exact) mass is 848 g/mol. The number of para-hydroxylation sites is 4. The Morgan fingerprint density at radius 1 is 0.338 bits per heavy atom. The van der Waals surface area contributed by atoms with E-state index >= 15 is 0 Å². The summed E-state index contributed by atoms with van der Waals surface area (Å²) in [6, 6.07) is 78.5. The Morgan fingerprint density at radius 2 is 0.908 bits per heavy atom. The summed E-state index contributed by atoms with van der Waals surface area (Å²) < 4.78 is 18.3. The van der Waals surface area contributed by atoms with Crippen LogP contribution in [0.1, 0.15) is 0 Å². The fourth-order valence-corrected chi connectivity index (χ4v) is 11.2. The normalized spacial score (nSPS) is 12.0. The molecule has 0 N–H and O–H groups in total. The Hall–Kier alpha value is -8.38. The number of aromatic nitrogens is 1. The average Bonchev–Trinajstić information content (AvgIpc) is 4.13. The average molecular weight is 849 g/mol. The highest BCUT2D eigenvalue weighted by atomic mass is 32.1. The molecule has 4 nitrogen and oxygen atoms in total. The van der Waals surface area contributed by atoms with Crippen molar-refractivity contribution >= 4 is 114 Å². The number of thiophene rings is 1. The number of fused-ring (bicyclic) bond motifs is 12. The minimum Gasteiger partial charge on any atom is -0.456 e. The number of hydrogen-bond acceptors (Lipinski definition) is 4. The molecule has 0 aliphatic carbocycles. The number of furan rings is 2. The predicted molar refractivity (Wildman–Crippen MR) is 274 cm³/mol. The van der Waals surface area contributed by atoms with Crippen molar-refractivity contribution in [3.05, 3.63) is 218 Å². The van der Waals surface area contributed by atoms with Gasteiger partial charge in [-0.2, -0.15) is 0 Å². The molecular formula is C60H36N2O2S. The van der Waals surface area contributed by atoms with E-state index < -0.39 is 0 Å². The van der Waals surface area contributed by atoms with Crippen molar-refractivity contribution < 1.29 is 8.83 Å². The highest BCUT2D eigenvalue weighted by molar-refractivity contribution is 7.25. The maximum Gasteiger partial charge on any atom is 0.143 e. The molecule has 0 unspecified atom stereocenters. The van der Waals surface area contributed by atoms with Crippen molar-refractivity contribution in [2.45, 2.75) is 0 Å². The lowest BCUT2D eigenvalue weighted by atomic mass is 9.99. The number of anilines is 3. The zero-order chi connectivity index (χ0) is 42.6. The van der Waals surface area contributed by atoms with Crippen molar-refractivity contribution in [2.75, 3.05) is 4.90 Å². The van der Waals surface area contributed by atoms with E-state index in [2.05, 4.69) is 210 Å². The van der Waals surface area contributed by atoms with E-state index in [0.717, 1.165) is 77.8 Å². The zero-order valence-electron chi connectivity index (χ0n) is 34.9. The van der Waals surface area contributed by atoms with Crippen LogP contribution in [0.2, 0.25) is 0 Å². The topological polar surface area (TPSA) is 34.5 Å². The van der Waals surface area contributed by atoms with Crippen LogP contribution in [-0.4, -0.2) is 4.57 Å². The van der Waals surface area contributed by atoms with Gasteiger partial charge in [-0.15, -0.1) is 11.3 Å². The predicted octanol–water partition coefficient (Wildman–Crippen LogP) is 17.8. The van der Waals surface area contributed by atoms with E-state index in [1.807, 2.05) is 29.5 Å². The summed E-state index contributed by atoms with van der Waals surface area (Å²) in [6.07, 6.45) is 0. The molecule has 65 heavy (non-hydrogen) atoms. The van der Waals surface area contributed by atoms with Gasteiger partial charge in [-0.05, 0) is 108 Å². The van der Waals surface area contributed by atoms with Crippen molar-refractivity contribution in [2.24, 2.45) is 0 Å². The number of nitrogens with zero attached hydrogens (tertiary/aromatic N) is 2. The molecule has 0 aliphatic rings. The molecule has 0 amide bonds. The first-order valence-corrected chi connectivity index (χ1v) is 22.8. The van der Waals surface area contributed by atoms with Gasteiger partial charge < -0.3 is 18.3 Å². The number of benzene rings is 10. The van der Waals surface area contributed by atoms with Gasteiger partial charge in [0, 0.05) is 86.9 Å². The SMILES string of the molecule is c1ccc2c(c1)oc1cc(N(c3ccc(-c4ccc5sc6ccccc6c5c4)cc3)c3cc(-c4ccc(-n5c6ccccc6c6ccccc65)cc4)c4oc5ccccc5c4c3)ccc12. The van der Waals surface area contributed by atoms with Crippen LogP contribution in [0, 0.1) is 0 Å². The van der Waals surface area contributed by atoms with Gasteiger partial charge in [-0.3, -0.25) is 0 Å². The molecule has 5 heteroatoms. The van der Waals surface area contributed by atoms with Gasteiger partial charge in [0.2, 0.25) is 0 Å². The quantitative estimate of drug-likeness (QED) is 0.167. The third-order valence-electron chi connectivity index (χ3n) is 13.2. The largest absolute Gasteiger partial charge is 0.456 e. The molecule has 14 rings (SSSR count). The van der Waals surface area contributed by atoms with Gasteiger partial charge >= 0.3 is 0 Å². The van der Waals surface area contributed by atoms with Crippen LogP contribution in [0.25, 0.3) is 114 Å². The van der Waals surface area contributed by atoms with Crippen molar-refractivity contribution in [1.29, 1.82) is 0 Å². The summed E-state index contributed by atoms with van der Waals surface area (Å²) in [5.41, 5.74) is 14.4. The molecule has 0 radical (unpaired) electrons. The van der Waals surface area contributed by atoms with E-state index in [9.17, 15) is 0 Å². The first kappa shape index (κ1) is 36.1. The smallest absolute Gasteiger partial charge is 0.143 e. The maximum atomic E-state index is 6.77. The Morgan fingerprint density at radius 3 is 1.66 bits per heavy atom. The number of hydrogen-bond donors (Lipinski definition) is 0. The number of rotatable bonds is 6. The summed E-state index contributed by atoms with van der Waals surface area (Å²) in [5, 5.41) is 9.43. The minimum atomic E-state index is 0.845. The Balaban J connectivity index is 0.951. The summed E-state index contributed by atoms with van der Waals surface area (Å²) in [6.45, 7) is 0. The van der Waals surface area contributed by atoms with E-state index in [-0.39, 0.29) is 0 Å². The van der Waals surface area contributed by atoms with Crippen LogP contribution in [0.3, 0.4) is 0 Å². The maximum absolute atomic E-state index is 6.77. The van der Waals surface area contributed by atoms with Gasteiger partial charge in [0.25, 0.3) is 0 Å². The van der Waals surface area contributed by atoms with Gasteiger partial charge in [-0.25, -0.2) is 0 Å². The van der Waals surface area contributed by atoms with Gasteiger partial charge in [0.05, 0.1) is 11.0 Å². The van der Waals surface area contributed by atoms with E-state index in [4.69, 9.17) is 8.83 Å². The highest BCUT2D eigenvalue weighted by Gasteiger charge is 2.22. The lowest BCUT2D eigenvalue weighted by Gasteiger charge is -2.26. The lowest BCUT2D eigenvalue weighted by molar-refractivity contribution is 0.668. The Labute approximate surface area is 377 Å². The van der Waals surface area contributed by atoms with Crippen LogP contribution in [0.15, 0.2) is 227 Å². The second kappa shape index (κ2) is 14.1. The highest BCUT2D eigenvalue weighted by Crippen LogP contribution is 2.46. The second-order valence-corrected chi connectivity index (χ2v) is 17.9. The third-order valence-corrected chi connectivity index (χ3v) is 14.3. The Bertz CT molecular complexity index is 4130. The standard InChI is InChI=1S/C60H36N2O2S/c1-6-16-53-44(11-1)45-12-2-7-17-54(45)62(53)41-28-23-38(24-29-41)50-34-43(35-52-47-14-4-9-19-56(47)64-60(50)52)61(42-30-31-48-46-13-3-8-18-55(46)63-57(48)36-42)40-26-21-37(22-27-40)39-25-32-59-51(33-39)49-15-5-10-20-58(49)65-59/h1-36H. The summed E-state index contributed by atoms with van der Waals surface area (Å²) in [7, 11) is 0. The van der Waals surface area contributed by atoms with Crippen LogP contribution < -0.4 is 4.90 Å². The molecule has 10 aromatic carbocycles. The minimum absolute atomic E-state index is 0.845. The fraction of sp³-hybridized carbons (Fsp3) is 0. The lowest BCUT2D eigenvalue weighted by Crippen LogP contribution is -2.10. The molecule has 0 saturated carbocycles. The van der Waals surface area contributed by atoms with Crippen LogP contribution in [0.4, 0.5) is 17.1 Å². The summed E-state index contributed by atoms with van der Waals surface area (Å²) in [5.74, 6) is 0. The van der Waals surface area contributed by atoms with Crippen LogP contribution in [0.5, 0.6) is 0 Å². The fourth-order valence-electron chi connectivity index (χ4n) is 10.2. The molecule has 14 aromatic rings. The molecule has 0 spiro atoms. The van der Waals surface area contributed by atoms with Gasteiger partial charge in [-0.1, -0.05) is 121 Å². The molecule has 0 bridgehead atoms. The summed E-state index contributed by atoms with van der Waals surface area (Å²) in [4.78, 5) is 2.35. The summed E-state index contributed by atoms with van der Waals surface area (Å²) >= 11 is 1.85. The van der Waals surface area contributed by atoms with Crippen molar-refractivity contribution in [1.82, 2.24) is 4.57 Å². The van der Waals surface area contributed by atoms with Crippen LogP contribution in [-0.2, 0) is 0 Å². The van der Waals surface area contributed by atoms with E-state index in [0.29, 0.717) is 0 Å². The molecule has 0 aliphatic heterocycles. The van der Waals surface area contributed by atoms with Crippen LogP contribution >= 0.6 is 11.3 Å². The third kappa shape index (κ3) is 5.62. The molecule has 4 aromatic heterocycles. The molecule has 0 atom stereocenters. The second-order valence-electron chi connectivity index (χ2n) is 16.9.